The summed E-state index contributed by atoms with van der Waals surface area (Å²) in [6.45, 7) is 10.0. The number of allylic oxidation sites excluding steroid dienone is 2. The summed E-state index contributed by atoms with van der Waals surface area (Å²) in [5, 5.41) is 0. The second-order valence-electron chi connectivity index (χ2n) is 2.91. The third-order valence-electron chi connectivity index (χ3n) is 1.82. The maximum Gasteiger partial charge on any atom is -0.0351 e. The standard InChI is InChI=1S/C6H10.C6H6.C2H6.C2H4/c2*1-2-4-6-5-3-1;2*1-2/h1-2H,3-6H2;1-6H;1-2H3;1-2H2. The van der Waals surface area contributed by atoms with Gasteiger partial charge in [0.25, 0.3) is 0 Å². The lowest BCUT2D eigenvalue weighted by molar-refractivity contribution is 0.730. The molecule has 0 fully saturated rings. The maximum absolute atomic E-state index is 3.00. The van der Waals surface area contributed by atoms with Crippen molar-refractivity contribution < 1.29 is 0 Å². The monoisotopic (exact) mass is 218 g/mol. The van der Waals surface area contributed by atoms with Crippen molar-refractivity contribution in [1.82, 2.24) is 0 Å². The molecule has 0 aromatic heterocycles. The van der Waals surface area contributed by atoms with E-state index in [1.54, 1.807) is 0 Å². The Labute approximate surface area is 102 Å². The smallest absolute Gasteiger partial charge is 0.0351 e. The first-order chi connectivity index (χ1) is 8.00. The van der Waals surface area contributed by atoms with E-state index < -0.39 is 0 Å². The fraction of sp³-hybridized carbons (Fsp3) is 0.375. The molecule has 0 nitrogen and oxygen atoms in total. The summed E-state index contributed by atoms with van der Waals surface area (Å²) < 4.78 is 0. The van der Waals surface area contributed by atoms with Crippen molar-refractivity contribution in [2.45, 2.75) is 39.5 Å². The lowest BCUT2D eigenvalue weighted by atomic mass is 10.1. The van der Waals surface area contributed by atoms with Crippen molar-refractivity contribution in [3.05, 3.63) is 61.7 Å². The van der Waals surface area contributed by atoms with Crippen molar-refractivity contribution in [2.75, 3.05) is 0 Å². The molecule has 0 N–H and O–H groups in total. The summed E-state index contributed by atoms with van der Waals surface area (Å²) in [5.74, 6) is 0. The van der Waals surface area contributed by atoms with Gasteiger partial charge in [0.05, 0.1) is 0 Å². The molecule has 0 unspecified atom stereocenters. The zero-order valence-corrected chi connectivity index (χ0v) is 10.9. The third-order valence-corrected chi connectivity index (χ3v) is 1.82. The van der Waals surface area contributed by atoms with Crippen molar-refractivity contribution >= 4 is 0 Å². The molecule has 0 spiro atoms. The Morgan fingerprint density at radius 1 is 0.625 bits per heavy atom. The van der Waals surface area contributed by atoms with Crippen LogP contribution in [0, 0.1) is 0 Å². The molecule has 0 aliphatic heterocycles. The fourth-order valence-corrected chi connectivity index (χ4v) is 1.14. The molecule has 0 heterocycles. The van der Waals surface area contributed by atoms with Gasteiger partial charge in [0.2, 0.25) is 0 Å². The minimum absolute atomic E-state index is 1.32. The molecule has 0 atom stereocenters. The van der Waals surface area contributed by atoms with Crippen LogP contribution in [0.25, 0.3) is 0 Å². The molecule has 90 valence electrons. The van der Waals surface area contributed by atoms with Gasteiger partial charge in [-0.1, -0.05) is 62.4 Å². The van der Waals surface area contributed by atoms with Gasteiger partial charge in [-0.2, -0.15) is 0 Å². The highest BCUT2D eigenvalue weighted by Crippen LogP contribution is 2.07. The molecule has 0 radical (unpaired) electrons. The first kappa shape index (κ1) is 17.1. The molecule has 2 rings (SSSR count). The molecular formula is C16H26. The summed E-state index contributed by atoms with van der Waals surface area (Å²) in [6.07, 6.45) is 10.0. The predicted molar refractivity (Wildman–Crippen MR) is 76.7 cm³/mol. The Hall–Kier alpha value is -1.30. The molecule has 1 aromatic carbocycles. The molecule has 0 saturated heterocycles. The van der Waals surface area contributed by atoms with E-state index in [0.717, 1.165) is 0 Å². The van der Waals surface area contributed by atoms with Gasteiger partial charge in [-0.15, -0.1) is 13.2 Å². The summed E-state index contributed by atoms with van der Waals surface area (Å²) in [4.78, 5) is 0. The topological polar surface area (TPSA) is 0 Å². The Bertz CT molecular complexity index is 176. The summed E-state index contributed by atoms with van der Waals surface area (Å²) >= 11 is 0. The van der Waals surface area contributed by atoms with Gasteiger partial charge in [0, 0.05) is 0 Å². The number of hydrogen-bond donors (Lipinski definition) is 0. The molecule has 1 aliphatic rings. The minimum Gasteiger partial charge on any atom is -0.106 e. The second kappa shape index (κ2) is 19.3. The predicted octanol–water partition coefficient (Wildman–Crippen LogP) is 5.63. The minimum atomic E-state index is 1.32. The second-order valence-corrected chi connectivity index (χ2v) is 2.91. The van der Waals surface area contributed by atoms with Gasteiger partial charge in [-0.25, -0.2) is 0 Å². The molecule has 0 bridgehead atoms. The molecule has 1 aromatic rings. The average molecular weight is 218 g/mol. The van der Waals surface area contributed by atoms with E-state index in [0.29, 0.717) is 0 Å². The lowest BCUT2D eigenvalue weighted by Crippen LogP contribution is -1.77. The van der Waals surface area contributed by atoms with Crippen LogP contribution in [0.2, 0.25) is 0 Å². The van der Waals surface area contributed by atoms with Crippen LogP contribution < -0.4 is 0 Å². The van der Waals surface area contributed by atoms with Gasteiger partial charge >= 0.3 is 0 Å². The highest BCUT2D eigenvalue weighted by atomic mass is 13.9. The van der Waals surface area contributed by atoms with Crippen LogP contribution in [0.1, 0.15) is 39.5 Å². The normalized spacial score (nSPS) is 11.6. The average Bonchev–Trinajstić information content (AvgIpc) is 2.48. The van der Waals surface area contributed by atoms with Crippen molar-refractivity contribution in [3.63, 3.8) is 0 Å². The van der Waals surface area contributed by atoms with Crippen LogP contribution in [0.4, 0.5) is 0 Å². The molecule has 0 heteroatoms. The van der Waals surface area contributed by atoms with Crippen LogP contribution in [0.5, 0.6) is 0 Å². The van der Waals surface area contributed by atoms with Crippen LogP contribution >= 0.6 is 0 Å². The molecule has 0 amide bonds. The molecule has 0 saturated carbocycles. The molecule has 1 aliphatic carbocycles. The SMILES string of the molecule is C1=CCCCC1.C=C.CC.c1ccccc1. The Balaban J connectivity index is 0. The van der Waals surface area contributed by atoms with E-state index >= 15 is 0 Å². The van der Waals surface area contributed by atoms with E-state index in [4.69, 9.17) is 0 Å². The lowest BCUT2D eigenvalue weighted by Gasteiger charge is -1.97. The van der Waals surface area contributed by atoms with Crippen molar-refractivity contribution in [2.24, 2.45) is 0 Å². The highest BCUT2D eigenvalue weighted by Gasteiger charge is 1.87. The molecule has 16 heavy (non-hydrogen) atoms. The Morgan fingerprint density at radius 3 is 1.00 bits per heavy atom. The number of rotatable bonds is 0. The summed E-state index contributed by atoms with van der Waals surface area (Å²) in [5.41, 5.74) is 0. The zero-order chi connectivity index (χ0) is 12.5. The summed E-state index contributed by atoms with van der Waals surface area (Å²) in [6, 6.07) is 12.0. The van der Waals surface area contributed by atoms with Crippen molar-refractivity contribution in [3.8, 4) is 0 Å². The number of benzene rings is 1. The van der Waals surface area contributed by atoms with Gasteiger partial charge in [0.1, 0.15) is 0 Å². The van der Waals surface area contributed by atoms with Crippen LogP contribution in [0.3, 0.4) is 0 Å². The first-order valence-corrected chi connectivity index (χ1v) is 6.15. The molecular weight excluding hydrogens is 192 g/mol. The highest BCUT2D eigenvalue weighted by molar-refractivity contribution is 4.99. The first-order valence-electron chi connectivity index (χ1n) is 6.15. The van der Waals surface area contributed by atoms with Gasteiger partial charge in [0.15, 0.2) is 0 Å². The van der Waals surface area contributed by atoms with Crippen LogP contribution in [-0.4, -0.2) is 0 Å². The zero-order valence-electron chi connectivity index (χ0n) is 10.9. The van der Waals surface area contributed by atoms with E-state index in [1.165, 1.54) is 25.7 Å². The number of hydrogen-bond acceptors (Lipinski definition) is 0. The Morgan fingerprint density at radius 2 is 0.875 bits per heavy atom. The van der Waals surface area contributed by atoms with Crippen LogP contribution in [0.15, 0.2) is 61.7 Å². The fourth-order valence-electron chi connectivity index (χ4n) is 1.14. The Kier molecular flexibility index (Phi) is 20.6. The largest absolute Gasteiger partial charge is 0.106 e. The van der Waals surface area contributed by atoms with E-state index in [1.807, 2.05) is 50.2 Å². The maximum atomic E-state index is 3.00. The van der Waals surface area contributed by atoms with Gasteiger partial charge < -0.3 is 0 Å². The summed E-state index contributed by atoms with van der Waals surface area (Å²) in [7, 11) is 0. The van der Waals surface area contributed by atoms with Crippen molar-refractivity contribution in [1.29, 1.82) is 0 Å². The quantitative estimate of drug-likeness (QED) is 0.495. The van der Waals surface area contributed by atoms with Crippen LogP contribution in [-0.2, 0) is 0 Å². The van der Waals surface area contributed by atoms with E-state index in [-0.39, 0.29) is 0 Å². The van der Waals surface area contributed by atoms with E-state index in [9.17, 15) is 0 Å². The third kappa shape index (κ3) is 15.2. The van der Waals surface area contributed by atoms with Gasteiger partial charge in [-0.05, 0) is 25.7 Å². The van der Waals surface area contributed by atoms with Gasteiger partial charge in [-0.3, -0.25) is 0 Å². The van der Waals surface area contributed by atoms with E-state index in [2.05, 4.69) is 25.3 Å².